The van der Waals surface area contributed by atoms with Crippen molar-refractivity contribution in [3.63, 3.8) is 0 Å². The number of hydrogen-bond donors (Lipinski definition) is 0. The van der Waals surface area contributed by atoms with Gasteiger partial charge in [-0.3, -0.25) is 0 Å². The third-order valence-electron chi connectivity index (χ3n) is 4.92. The fourth-order valence-electron chi connectivity index (χ4n) is 3.46. The first-order valence-corrected chi connectivity index (χ1v) is 10.8. The Balaban J connectivity index is 1.20. The molecule has 2 aliphatic rings. The van der Waals surface area contributed by atoms with Gasteiger partial charge in [0, 0.05) is 50.0 Å². The minimum absolute atomic E-state index is 0.0441. The SMILES string of the molecule is CCSN1CCN(c2ccc(OCC3COC(Cn4ccnc4)O3)cc2)CC1. The molecule has 0 saturated carbocycles. The summed E-state index contributed by atoms with van der Waals surface area (Å²) in [6.07, 6.45) is 5.14. The van der Waals surface area contributed by atoms with Gasteiger partial charge in [0.05, 0.1) is 19.5 Å². The number of anilines is 1. The van der Waals surface area contributed by atoms with Crippen LogP contribution in [-0.2, 0) is 16.0 Å². The van der Waals surface area contributed by atoms with Crippen molar-refractivity contribution in [3.8, 4) is 5.75 Å². The Labute approximate surface area is 170 Å². The van der Waals surface area contributed by atoms with E-state index in [9.17, 15) is 0 Å². The quantitative estimate of drug-likeness (QED) is 0.627. The summed E-state index contributed by atoms with van der Waals surface area (Å²) in [4.78, 5) is 6.47. The van der Waals surface area contributed by atoms with Crippen molar-refractivity contribution in [2.75, 3.05) is 50.0 Å². The molecular weight excluding hydrogens is 376 g/mol. The van der Waals surface area contributed by atoms with Crippen LogP contribution in [0.3, 0.4) is 0 Å². The lowest BCUT2D eigenvalue weighted by Crippen LogP contribution is -2.43. The van der Waals surface area contributed by atoms with Gasteiger partial charge in [-0.25, -0.2) is 9.29 Å². The molecule has 2 unspecified atom stereocenters. The molecule has 0 radical (unpaired) electrons. The summed E-state index contributed by atoms with van der Waals surface area (Å²) >= 11 is 1.93. The van der Waals surface area contributed by atoms with Crippen LogP contribution in [-0.4, -0.2) is 71.4 Å². The maximum Gasteiger partial charge on any atom is 0.176 e. The zero-order chi connectivity index (χ0) is 19.2. The molecule has 0 N–H and O–H groups in total. The summed E-state index contributed by atoms with van der Waals surface area (Å²) in [5.41, 5.74) is 1.26. The largest absolute Gasteiger partial charge is 0.491 e. The van der Waals surface area contributed by atoms with Crippen LogP contribution < -0.4 is 9.64 Å². The zero-order valence-electron chi connectivity index (χ0n) is 16.3. The Kier molecular flexibility index (Phi) is 6.74. The zero-order valence-corrected chi connectivity index (χ0v) is 17.1. The van der Waals surface area contributed by atoms with Crippen LogP contribution in [0.2, 0.25) is 0 Å². The molecule has 1 aromatic carbocycles. The minimum atomic E-state index is -0.241. The number of benzene rings is 1. The van der Waals surface area contributed by atoms with E-state index in [0.29, 0.717) is 19.8 Å². The van der Waals surface area contributed by atoms with E-state index in [1.54, 1.807) is 12.5 Å². The summed E-state index contributed by atoms with van der Waals surface area (Å²) in [7, 11) is 0. The Bertz CT molecular complexity index is 705. The number of aromatic nitrogens is 2. The van der Waals surface area contributed by atoms with Crippen molar-refractivity contribution < 1.29 is 14.2 Å². The van der Waals surface area contributed by atoms with Gasteiger partial charge in [0.1, 0.15) is 18.5 Å². The van der Waals surface area contributed by atoms with Crippen molar-refractivity contribution >= 4 is 17.6 Å². The first-order chi connectivity index (χ1) is 13.8. The minimum Gasteiger partial charge on any atom is -0.491 e. The highest BCUT2D eigenvalue weighted by Crippen LogP contribution is 2.23. The first-order valence-electron chi connectivity index (χ1n) is 9.88. The lowest BCUT2D eigenvalue weighted by Gasteiger charge is -2.35. The van der Waals surface area contributed by atoms with E-state index in [2.05, 4.69) is 33.2 Å². The average Bonchev–Trinajstić information content (AvgIpc) is 3.40. The summed E-state index contributed by atoms with van der Waals surface area (Å²) < 4.78 is 21.9. The Morgan fingerprint density at radius 3 is 2.71 bits per heavy atom. The topological polar surface area (TPSA) is 52.0 Å². The third-order valence-corrected chi connectivity index (χ3v) is 5.91. The van der Waals surface area contributed by atoms with E-state index < -0.39 is 0 Å². The van der Waals surface area contributed by atoms with Gasteiger partial charge in [0.25, 0.3) is 0 Å². The number of hydrogen-bond acceptors (Lipinski definition) is 7. The predicted octanol–water partition coefficient (Wildman–Crippen LogP) is 2.49. The molecule has 2 saturated heterocycles. The normalized spacial score (nSPS) is 23.2. The van der Waals surface area contributed by atoms with Crippen LogP contribution >= 0.6 is 11.9 Å². The van der Waals surface area contributed by atoms with Crippen molar-refractivity contribution in [3.05, 3.63) is 43.0 Å². The van der Waals surface area contributed by atoms with Gasteiger partial charge < -0.3 is 23.7 Å². The van der Waals surface area contributed by atoms with Crippen LogP contribution in [0.1, 0.15) is 6.92 Å². The van der Waals surface area contributed by atoms with E-state index in [4.69, 9.17) is 14.2 Å². The highest BCUT2D eigenvalue weighted by Gasteiger charge is 2.26. The number of ether oxygens (including phenoxy) is 3. The molecule has 0 amide bonds. The van der Waals surface area contributed by atoms with Gasteiger partial charge in [-0.05, 0) is 24.3 Å². The standard InChI is InChI=1S/C20H28N4O3S/c1-2-28-24-11-9-23(10-12-24)17-3-5-18(6-4-17)25-14-19-15-26-20(27-19)13-22-8-7-21-16-22/h3-8,16,19-20H,2,9-15H2,1H3. The van der Waals surface area contributed by atoms with Gasteiger partial charge in [0.15, 0.2) is 6.29 Å². The Morgan fingerprint density at radius 1 is 1.18 bits per heavy atom. The van der Waals surface area contributed by atoms with Crippen LogP contribution in [0, 0.1) is 0 Å². The number of piperazine rings is 1. The molecule has 152 valence electrons. The fraction of sp³-hybridized carbons (Fsp3) is 0.550. The molecule has 0 spiro atoms. The van der Waals surface area contributed by atoms with Crippen LogP contribution in [0.15, 0.2) is 43.0 Å². The molecule has 2 aliphatic heterocycles. The monoisotopic (exact) mass is 404 g/mol. The van der Waals surface area contributed by atoms with Crippen LogP contribution in [0.5, 0.6) is 5.75 Å². The molecular formula is C20H28N4O3S. The van der Waals surface area contributed by atoms with Gasteiger partial charge in [-0.2, -0.15) is 0 Å². The van der Waals surface area contributed by atoms with Crippen LogP contribution in [0.25, 0.3) is 0 Å². The molecule has 2 aromatic rings. The predicted molar refractivity (Wildman–Crippen MR) is 111 cm³/mol. The van der Waals surface area contributed by atoms with Crippen molar-refractivity contribution in [2.45, 2.75) is 25.9 Å². The first kappa shape index (κ1) is 19.6. The van der Waals surface area contributed by atoms with Gasteiger partial charge >= 0.3 is 0 Å². The Hall–Kier alpha value is -1.74. The maximum absolute atomic E-state index is 5.91. The summed E-state index contributed by atoms with van der Waals surface area (Å²) in [5, 5.41) is 0. The molecule has 2 fully saturated rings. The van der Waals surface area contributed by atoms with Gasteiger partial charge in [-0.1, -0.05) is 18.9 Å². The highest BCUT2D eigenvalue weighted by molar-refractivity contribution is 7.96. The van der Waals surface area contributed by atoms with Crippen molar-refractivity contribution in [1.29, 1.82) is 0 Å². The molecule has 8 heteroatoms. The number of imidazole rings is 1. The summed E-state index contributed by atoms with van der Waals surface area (Å²) in [6, 6.07) is 8.38. The molecule has 1 aromatic heterocycles. The van der Waals surface area contributed by atoms with E-state index in [0.717, 1.165) is 37.7 Å². The van der Waals surface area contributed by atoms with Gasteiger partial charge in [0.2, 0.25) is 0 Å². The molecule has 4 rings (SSSR count). The molecule has 0 bridgehead atoms. The molecule has 2 atom stereocenters. The lowest BCUT2D eigenvalue weighted by atomic mass is 10.2. The van der Waals surface area contributed by atoms with E-state index in [-0.39, 0.29) is 12.4 Å². The fourth-order valence-corrected chi connectivity index (χ4v) is 4.24. The average molecular weight is 405 g/mol. The van der Waals surface area contributed by atoms with E-state index in [1.165, 1.54) is 5.69 Å². The molecule has 0 aliphatic carbocycles. The Morgan fingerprint density at radius 2 is 2.00 bits per heavy atom. The van der Waals surface area contributed by atoms with Gasteiger partial charge in [-0.15, -0.1) is 0 Å². The summed E-state index contributed by atoms with van der Waals surface area (Å²) in [6.45, 7) is 8.25. The van der Waals surface area contributed by atoms with E-state index in [1.807, 2.05) is 34.8 Å². The van der Waals surface area contributed by atoms with E-state index >= 15 is 0 Å². The second-order valence-corrected chi connectivity index (χ2v) is 8.27. The molecule has 3 heterocycles. The highest BCUT2D eigenvalue weighted by atomic mass is 32.2. The summed E-state index contributed by atoms with van der Waals surface area (Å²) in [5.74, 6) is 2.01. The molecule has 28 heavy (non-hydrogen) atoms. The molecule has 7 nitrogen and oxygen atoms in total. The second-order valence-electron chi connectivity index (χ2n) is 6.92. The number of rotatable bonds is 8. The lowest BCUT2D eigenvalue weighted by molar-refractivity contribution is -0.0726. The smallest absolute Gasteiger partial charge is 0.176 e. The second kappa shape index (κ2) is 9.65. The maximum atomic E-state index is 5.91. The van der Waals surface area contributed by atoms with Crippen molar-refractivity contribution in [2.24, 2.45) is 0 Å². The van der Waals surface area contributed by atoms with Crippen LogP contribution in [0.4, 0.5) is 5.69 Å². The number of nitrogens with zero attached hydrogens (tertiary/aromatic N) is 4. The third kappa shape index (κ3) is 5.20. The van der Waals surface area contributed by atoms with Crippen molar-refractivity contribution in [1.82, 2.24) is 13.9 Å².